The van der Waals surface area contributed by atoms with Gasteiger partial charge >= 0.3 is 5.97 Å². The van der Waals surface area contributed by atoms with Crippen molar-refractivity contribution in [1.29, 1.82) is 0 Å². The number of piperazine rings is 1. The van der Waals surface area contributed by atoms with E-state index >= 15 is 0 Å². The van der Waals surface area contributed by atoms with Crippen LogP contribution in [-0.4, -0.2) is 49.5 Å². The number of hydrogen-bond acceptors (Lipinski definition) is 5. The van der Waals surface area contributed by atoms with Crippen LogP contribution in [0.2, 0.25) is 5.02 Å². The van der Waals surface area contributed by atoms with Crippen LogP contribution >= 0.6 is 11.6 Å². The van der Waals surface area contributed by atoms with Gasteiger partial charge in [0.25, 0.3) is 0 Å². The van der Waals surface area contributed by atoms with Crippen LogP contribution in [0.15, 0.2) is 53.4 Å². The van der Waals surface area contributed by atoms with Gasteiger partial charge in [-0.05, 0) is 48.5 Å². The molecule has 1 saturated heterocycles. The predicted octanol–water partition coefficient (Wildman–Crippen LogP) is 2.18. The first kappa shape index (κ1) is 18.7. The van der Waals surface area contributed by atoms with E-state index in [1.165, 1.54) is 24.3 Å². The monoisotopic (exact) mass is 396 g/mol. The normalized spacial score (nSPS) is 18.4. The Kier molecular flexibility index (Phi) is 5.47. The summed E-state index contributed by atoms with van der Waals surface area (Å²) in [5, 5.41) is 12.8. The van der Waals surface area contributed by atoms with Gasteiger partial charge in [-0.15, -0.1) is 0 Å². The van der Waals surface area contributed by atoms with E-state index in [2.05, 4.69) is 5.32 Å². The highest BCUT2D eigenvalue weighted by Crippen LogP contribution is 2.26. The van der Waals surface area contributed by atoms with Gasteiger partial charge in [0.2, 0.25) is 10.0 Å². The largest absolute Gasteiger partial charge is 0.480 e. The average molecular weight is 397 g/mol. The summed E-state index contributed by atoms with van der Waals surface area (Å²) in [5.74, 6) is -0.150. The highest BCUT2D eigenvalue weighted by Gasteiger charge is 2.37. The van der Waals surface area contributed by atoms with Gasteiger partial charge in [-0.25, -0.2) is 8.42 Å². The van der Waals surface area contributed by atoms with Gasteiger partial charge in [0.15, 0.2) is 0 Å². The molecule has 2 aromatic rings. The van der Waals surface area contributed by atoms with Crippen LogP contribution in [0, 0.1) is 0 Å². The summed E-state index contributed by atoms with van der Waals surface area (Å²) in [6.45, 7) is 0.579. The zero-order valence-corrected chi connectivity index (χ0v) is 15.2. The molecule has 0 aromatic heterocycles. The third-order valence-electron chi connectivity index (χ3n) is 3.96. The molecule has 7 nitrogen and oxygen atoms in total. The van der Waals surface area contributed by atoms with Gasteiger partial charge in [0, 0.05) is 24.7 Å². The van der Waals surface area contributed by atoms with Gasteiger partial charge in [-0.2, -0.15) is 4.31 Å². The fourth-order valence-corrected chi connectivity index (χ4v) is 4.35. The lowest BCUT2D eigenvalue weighted by atomic mass is 10.2. The molecule has 0 amide bonds. The van der Waals surface area contributed by atoms with Crippen LogP contribution in [0.1, 0.15) is 0 Å². The first-order valence-corrected chi connectivity index (χ1v) is 9.68. The number of carboxylic acid groups (broad SMARTS) is 1. The number of hydrogen-bond donors (Lipinski definition) is 2. The van der Waals surface area contributed by atoms with Crippen LogP contribution in [-0.2, 0) is 14.8 Å². The highest BCUT2D eigenvalue weighted by molar-refractivity contribution is 7.89. The minimum atomic E-state index is -3.91. The summed E-state index contributed by atoms with van der Waals surface area (Å²) in [6, 6.07) is 11.5. The standard InChI is InChI=1S/C17H17ClN2O5S/c18-12-1-3-13(4-2-12)25-14-5-7-15(8-6-14)26(23,24)20-10-9-19-11-16(20)17(21)22/h1-8,16,19H,9-11H2,(H,21,22). The number of nitrogens with one attached hydrogen (secondary N) is 1. The Hall–Kier alpha value is -2.13. The van der Waals surface area contributed by atoms with E-state index < -0.39 is 22.0 Å². The number of carboxylic acids is 1. The maximum absolute atomic E-state index is 12.8. The highest BCUT2D eigenvalue weighted by atomic mass is 35.5. The fraction of sp³-hybridized carbons (Fsp3) is 0.235. The summed E-state index contributed by atoms with van der Waals surface area (Å²) >= 11 is 5.82. The van der Waals surface area contributed by atoms with E-state index in [9.17, 15) is 18.3 Å². The van der Waals surface area contributed by atoms with Crippen LogP contribution in [0.5, 0.6) is 11.5 Å². The Bertz CT molecular complexity index is 884. The van der Waals surface area contributed by atoms with Gasteiger partial charge < -0.3 is 15.2 Å². The van der Waals surface area contributed by atoms with Crippen LogP contribution < -0.4 is 10.1 Å². The summed E-state index contributed by atoms with van der Waals surface area (Å²) in [4.78, 5) is 11.4. The van der Waals surface area contributed by atoms with Crippen LogP contribution in [0.25, 0.3) is 0 Å². The number of benzene rings is 2. The SMILES string of the molecule is O=C(O)C1CNCCN1S(=O)(=O)c1ccc(Oc2ccc(Cl)cc2)cc1. The molecule has 2 aromatic carbocycles. The Balaban J connectivity index is 1.80. The van der Waals surface area contributed by atoms with Crippen molar-refractivity contribution in [3.8, 4) is 11.5 Å². The first-order valence-electron chi connectivity index (χ1n) is 7.87. The zero-order valence-electron chi connectivity index (χ0n) is 13.6. The predicted molar refractivity (Wildman–Crippen MR) is 96.2 cm³/mol. The lowest BCUT2D eigenvalue weighted by Crippen LogP contribution is -2.56. The van der Waals surface area contributed by atoms with Gasteiger partial charge in [0.05, 0.1) is 4.90 Å². The lowest BCUT2D eigenvalue weighted by molar-refractivity contribution is -0.141. The van der Waals surface area contributed by atoms with Gasteiger partial charge in [-0.3, -0.25) is 4.79 Å². The molecule has 1 heterocycles. The Morgan fingerprint density at radius 2 is 1.69 bits per heavy atom. The van der Waals surface area contributed by atoms with Gasteiger partial charge in [0.1, 0.15) is 17.5 Å². The molecule has 9 heteroatoms. The molecule has 0 saturated carbocycles. The van der Waals surface area contributed by atoms with Gasteiger partial charge in [-0.1, -0.05) is 11.6 Å². The van der Waals surface area contributed by atoms with Crippen molar-refractivity contribution in [1.82, 2.24) is 9.62 Å². The van der Waals surface area contributed by atoms with Crippen LogP contribution in [0.4, 0.5) is 0 Å². The second-order valence-corrected chi connectivity index (χ2v) is 8.03. The summed E-state index contributed by atoms with van der Waals surface area (Å²) in [6.07, 6.45) is 0. The van der Waals surface area contributed by atoms with E-state index in [1.807, 2.05) is 0 Å². The van der Waals surface area contributed by atoms with E-state index in [0.29, 0.717) is 23.1 Å². The van der Waals surface area contributed by atoms with Crippen LogP contribution in [0.3, 0.4) is 0 Å². The Morgan fingerprint density at radius 3 is 2.27 bits per heavy atom. The summed E-state index contributed by atoms with van der Waals surface area (Å²) < 4.78 is 32.2. The minimum Gasteiger partial charge on any atom is -0.480 e. The topological polar surface area (TPSA) is 95.9 Å². The molecule has 3 rings (SSSR count). The van der Waals surface area contributed by atoms with Crippen molar-refractivity contribution < 1.29 is 23.1 Å². The van der Waals surface area contributed by atoms with E-state index in [4.69, 9.17) is 16.3 Å². The number of nitrogens with zero attached hydrogens (tertiary/aromatic N) is 1. The maximum atomic E-state index is 12.8. The molecule has 1 atom stereocenters. The molecule has 1 fully saturated rings. The second kappa shape index (κ2) is 7.63. The molecule has 0 radical (unpaired) electrons. The number of sulfonamides is 1. The third kappa shape index (κ3) is 3.99. The molecule has 26 heavy (non-hydrogen) atoms. The van der Waals surface area contributed by atoms with Crippen molar-refractivity contribution in [3.05, 3.63) is 53.6 Å². The Morgan fingerprint density at radius 1 is 1.12 bits per heavy atom. The summed E-state index contributed by atoms with van der Waals surface area (Å²) in [7, 11) is -3.91. The van der Waals surface area contributed by atoms with E-state index in [-0.39, 0.29) is 18.0 Å². The fourth-order valence-electron chi connectivity index (χ4n) is 2.64. The molecule has 0 bridgehead atoms. The molecule has 1 unspecified atom stereocenters. The number of ether oxygens (including phenoxy) is 1. The molecule has 138 valence electrons. The second-order valence-electron chi connectivity index (χ2n) is 5.70. The molecule has 0 aliphatic carbocycles. The van der Waals surface area contributed by atoms with Crippen molar-refractivity contribution in [3.63, 3.8) is 0 Å². The molecule has 1 aliphatic heterocycles. The summed E-state index contributed by atoms with van der Waals surface area (Å²) in [5.41, 5.74) is 0. The van der Waals surface area contributed by atoms with Crippen molar-refractivity contribution >= 4 is 27.6 Å². The first-order chi connectivity index (χ1) is 12.4. The van der Waals surface area contributed by atoms with E-state index in [1.54, 1.807) is 24.3 Å². The number of rotatable bonds is 5. The smallest absolute Gasteiger partial charge is 0.323 e. The lowest BCUT2D eigenvalue weighted by Gasteiger charge is -2.32. The van der Waals surface area contributed by atoms with Crippen molar-refractivity contribution in [2.75, 3.05) is 19.6 Å². The van der Waals surface area contributed by atoms with Crippen molar-refractivity contribution in [2.24, 2.45) is 0 Å². The molecule has 0 spiro atoms. The minimum absolute atomic E-state index is 0.0223. The maximum Gasteiger partial charge on any atom is 0.323 e. The number of carbonyl (C=O) groups is 1. The molecule has 2 N–H and O–H groups in total. The Labute approximate surface area is 156 Å². The van der Waals surface area contributed by atoms with E-state index in [0.717, 1.165) is 4.31 Å². The molecule has 1 aliphatic rings. The third-order valence-corrected chi connectivity index (χ3v) is 6.13. The molecular weight excluding hydrogens is 380 g/mol. The zero-order chi connectivity index (χ0) is 18.7. The van der Waals surface area contributed by atoms with Crippen molar-refractivity contribution in [2.45, 2.75) is 10.9 Å². The number of halogens is 1. The average Bonchev–Trinajstić information content (AvgIpc) is 2.64. The molecular formula is C17H17ClN2O5S. The quantitative estimate of drug-likeness (QED) is 0.804. The number of aliphatic carboxylic acids is 1.